The smallest absolute Gasteiger partial charge is 0.229 e. The van der Waals surface area contributed by atoms with Gasteiger partial charge in [-0.3, -0.25) is 0 Å². The molecule has 7 nitrogen and oxygen atoms in total. The van der Waals surface area contributed by atoms with Gasteiger partial charge in [-0.05, 0) is 24.3 Å². The van der Waals surface area contributed by atoms with Crippen LogP contribution in [-0.2, 0) is 14.2 Å². The van der Waals surface area contributed by atoms with E-state index in [0.29, 0.717) is 11.4 Å². The molecule has 1 fully saturated rings. The van der Waals surface area contributed by atoms with Crippen molar-refractivity contribution in [3.05, 3.63) is 24.3 Å². The highest BCUT2D eigenvalue weighted by molar-refractivity contribution is 5.41. The monoisotopic (exact) mass is 299 g/mol. The molecule has 0 aliphatic carbocycles. The molecule has 0 bridgehead atoms. The zero-order chi connectivity index (χ0) is 15.4. The molecule has 0 saturated carbocycles. The molecule has 5 atom stereocenters. The van der Waals surface area contributed by atoms with E-state index in [1.54, 1.807) is 24.3 Å². The Hall–Kier alpha value is -1.38. The third-order valence-corrected chi connectivity index (χ3v) is 3.48. The van der Waals surface area contributed by atoms with Crippen LogP contribution in [0.15, 0.2) is 24.3 Å². The second-order valence-electron chi connectivity index (χ2n) is 4.80. The molecular weight excluding hydrogens is 278 g/mol. The fraction of sp³-hybridized carbons (Fsp3) is 0.571. The number of hydrogen-bond acceptors (Lipinski definition) is 7. The Morgan fingerprint density at radius 3 is 2.29 bits per heavy atom. The molecule has 0 spiro atoms. The summed E-state index contributed by atoms with van der Waals surface area (Å²) in [7, 11) is 2.94. The van der Waals surface area contributed by atoms with Crippen LogP contribution < -0.4 is 10.5 Å². The number of methoxy groups -OCH3 is 2. The number of rotatable bonds is 5. The van der Waals surface area contributed by atoms with Gasteiger partial charge in [0.05, 0.1) is 6.61 Å². The summed E-state index contributed by atoms with van der Waals surface area (Å²) in [6.45, 7) is -0.348. The highest BCUT2D eigenvalue weighted by Gasteiger charge is 2.47. The summed E-state index contributed by atoms with van der Waals surface area (Å²) in [5.74, 6) is 0.541. The zero-order valence-electron chi connectivity index (χ0n) is 12.0. The fourth-order valence-electron chi connectivity index (χ4n) is 2.34. The van der Waals surface area contributed by atoms with E-state index >= 15 is 0 Å². The summed E-state index contributed by atoms with van der Waals surface area (Å²) in [6.07, 6.45) is -3.93. The number of benzene rings is 1. The van der Waals surface area contributed by atoms with Crippen LogP contribution in [-0.4, -0.2) is 61.7 Å². The highest BCUT2D eigenvalue weighted by Crippen LogP contribution is 2.27. The van der Waals surface area contributed by atoms with Crippen molar-refractivity contribution in [2.24, 2.45) is 0 Å². The number of ether oxygens (including phenoxy) is 4. The van der Waals surface area contributed by atoms with E-state index in [9.17, 15) is 10.2 Å². The second kappa shape index (κ2) is 7.06. The van der Waals surface area contributed by atoms with Crippen molar-refractivity contribution in [3.8, 4) is 5.75 Å². The van der Waals surface area contributed by atoms with Gasteiger partial charge in [0, 0.05) is 19.9 Å². The maximum absolute atomic E-state index is 10.1. The number of nitrogen functional groups attached to an aromatic ring is 1. The van der Waals surface area contributed by atoms with Gasteiger partial charge in [-0.15, -0.1) is 0 Å². The Labute approximate surface area is 123 Å². The molecule has 1 aromatic rings. The quantitative estimate of drug-likeness (QED) is 0.644. The first-order valence-corrected chi connectivity index (χ1v) is 6.63. The van der Waals surface area contributed by atoms with Crippen molar-refractivity contribution in [2.45, 2.75) is 30.7 Å². The lowest BCUT2D eigenvalue weighted by Crippen LogP contribution is -2.61. The van der Waals surface area contributed by atoms with Crippen LogP contribution >= 0.6 is 0 Å². The number of hydrogen-bond donors (Lipinski definition) is 3. The number of aliphatic hydroxyl groups excluding tert-OH is 2. The Morgan fingerprint density at radius 1 is 1.14 bits per heavy atom. The molecular formula is C14H21NO6. The lowest BCUT2D eigenvalue weighted by Gasteiger charge is -2.42. The van der Waals surface area contributed by atoms with Gasteiger partial charge in [0.2, 0.25) is 6.29 Å². The molecule has 2 rings (SSSR count). The molecule has 118 valence electrons. The van der Waals surface area contributed by atoms with Gasteiger partial charge in [-0.2, -0.15) is 0 Å². The predicted octanol–water partition coefficient (Wildman–Crippen LogP) is -0.244. The normalized spacial score (nSPS) is 32.9. The van der Waals surface area contributed by atoms with Crippen LogP contribution in [0.3, 0.4) is 0 Å². The molecule has 5 unspecified atom stereocenters. The Bertz CT molecular complexity index is 440. The average molecular weight is 299 g/mol. The van der Waals surface area contributed by atoms with E-state index in [1.165, 1.54) is 14.2 Å². The van der Waals surface area contributed by atoms with Gasteiger partial charge in [0.1, 0.15) is 30.2 Å². The topological polar surface area (TPSA) is 103 Å². The summed E-state index contributed by atoms with van der Waals surface area (Å²) >= 11 is 0. The van der Waals surface area contributed by atoms with E-state index in [1.807, 2.05) is 0 Å². The summed E-state index contributed by atoms with van der Waals surface area (Å²) < 4.78 is 21.9. The van der Waals surface area contributed by atoms with Gasteiger partial charge >= 0.3 is 0 Å². The molecule has 1 aliphatic rings. The molecule has 1 saturated heterocycles. The molecule has 0 amide bonds. The number of nitrogens with two attached hydrogens (primary N) is 1. The van der Waals surface area contributed by atoms with Gasteiger partial charge in [0.25, 0.3) is 0 Å². The molecule has 7 heteroatoms. The zero-order valence-corrected chi connectivity index (χ0v) is 12.0. The highest BCUT2D eigenvalue weighted by atomic mass is 16.7. The van der Waals surface area contributed by atoms with Crippen LogP contribution in [0.5, 0.6) is 5.75 Å². The molecule has 0 aromatic heterocycles. The lowest BCUT2D eigenvalue weighted by molar-refractivity contribution is -0.287. The van der Waals surface area contributed by atoms with Crippen molar-refractivity contribution in [3.63, 3.8) is 0 Å². The molecule has 1 aromatic carbocycles. The van der Waals surface area contributed by atoms with E-state index < -0.39 is 30.7 Å². The van der Waals surface area contributed by atoms with Crippen molar-refractivity contribution in [1.82, 2.24) is 0 Å². The first-order chi connectivity index (χ1) is 10.1. The van der Waals surface area contributed by atoms with Crippen molar-refractivity contribution >= 4 is 5.69 Å². The van der Waals surface area contributed by atoms with Crippen LogP contribution in [0, 0.1) is 0 Å². The van der Waals surface area contributed by atoms with Gasteiger partial charge in [0.15, 0.2) is 0 Å². The molecule has 21 heavy (non-hydrogen) atoms. The number of anilines is 1. The molecule has 1 heterocycles. The summed E-state index contributed by atoms with van der Waals surface area (Å²) in [5, 5.41) is 19.4. The van der Waals surface area contributed by atoms with Crippen molar-refractivity contribution < 1.29 is 29.2 Å². The van der Waals surface area contributed by atoms with Crippen molar-refractivity contribution in [2.75, 3.05) is 26.6 Å². The van der Waals surface area contributed by atoms with Crippen LogP contribution in [0.25, 0.3) is 0 Å². The lowest BCUT2D eigenvalue weighted by atomic mass is 9.99. The minimum Gasteiger partial charge on any atom is -0.462 e. The maximum Gasteiger partial charge on any atom is 0.229 e. The Balaban J connectivity index is 2.16. The summed E-state index contributed by atoms with van der Waals surface area (Å²) in [6, 6.07) is 6.80. The third kappa shape index (κ3) is 3.45. The largest absolute Gasteiger partial charge is 0.462 e. The predicted molar refractivity (Wildman–Crippen MR) is 74.8 cm³/mol. The Kier molecular flexibility index (Phi) is 5.38. The Morgan fingerprint density at radius 2 is 1.76 bits per heavy atom. The van der Waals surface area contributed by atoms with Gasteiger partial charge < -0.3 is 34.9 Å². The van der Waals surface area contributed by atoms with Gasteiger partial charge in [-0.1, -0.05) is 0 Å². The van der Waals surface area contributed by atoms with E-state index in [0.717, 1.165) is 0 Å². The number of aliphatic hydroxyl groups is 2. The van der Waals surface area contributed by atoms with Crippen LogP contribution in [0.4, 0.5) is 5.69 Å². The average Bonchev–Trinajstić information content (AvgIpc) is 2.50. The van der Waals surface area contributed by atoms with Crippen LogP contribution in [0.1, 0.15) is 0 Å². The van der Waals surface area contributed by atoms with E-state index in [4.69, 9.17) is 24.7 Å². The van der Waals surface area contributed by atoms with E-state index in [2.05, 4.69) is 0 Å². The third-order valence-electron chi connectivity index (χ3n) is 3.48. The van der Waals surface area contributed by atoms with Gasteiger partial charge in [-0.25, -0.2) is 0 Å². The minimum atomic E-state index is -1.00. The second-order valence-corrected chi connectivity index (χ2v) is 4.80. The summed E-state index contributed by atoms with van der Waals surface area (Å²) in [5.41, 5.74) is 6.24. The van der Waals surface area contributed by atoms with Crippen molar-refractivity contribution in [1.29, 1.82) is 0 Å². The summed E-state index contributed by atoms with van der Waals surface area (Å²) in [4.78, 5) is 0. The fourth-order valence-corrected chi connectivity index (χ4v) is 2.34. The molecule has 1 aliphatic heterocycles. The minimum absolute atomic E-state index is 0.348. The SMILES string of the molecule is COC1C(Oc2ccc(N)cc2)OC(CO)C(O)C1OC. The molecule has 4 N–H and O–H groups in total. The van der Waals surface area contributed by atoms with E-state index in [-0.39, 0.29) is 6.61 Å². The standard InChI is InChI=1S/C14H21NO6/c1-18-12-11(17)10(7-16)21-14(13(12)19-2)20-9-5-3-8(15)4-6-9/h3-6,10-14,16-17H,7,15H2,1-2H3. The maximum atomic E-state index is 10.1. The molecule has 0 radical (unpaired) electrons. The first kappa shape index (κ1) is 16.0. The first-order valence-electron chi connectivity index (χ1n) is 6.63. The van der Waals surface area contributed by atoms with Crippen LogP contribution in [0.2, 0.25) is 0 Å².